The third kappa shape index (κ3) is 4.69. The zero-order chi connectivity index (χ0) is 15.0. The van der Waals surface area contributed by atoms with Crippen molar-refractivity contribution in [1.29, 1.82) is 0 Å². The van der Waals surface area contributed by atoms with Gasteiger partial charge in [0.25, 0.3) is 0 Å². The molecule has 0 radical (unpaired) electrons. The van der Waals surface area contributed by atoms with E-state index >= 15 is 0 Å². The lowest BCUT2D eigenvalue weighted by atomic mass is 9.79. The molecule has 5 heteroatoms. The fourth-order valence-corrected chi connectivity index (χ4v) is 2.36. The van der Waals surface area contributed by atoms with Crippen LogP contribution < -0.4 is 10.6 Å². The summed E-state index contributed by atoms with van der Waals surface area (Å²) in [6.45, 7) is 4.83. The molecule has 0 spiro atoms. The van der Waals surface area contributed by atoms with Crippen LogP contribution >= 0.6 is 11.6 Å². The number of aliphatic hydroxyl groups excluding tert-OH is 1. The molecule has 4 nitrogen and oxygen atoms in total. The molecule has 0 saturated carbocycles. The van der Waals surface area contributed by atoms with E-state index in [1.54, 1.807) is 12.1 Å². The van der Waals surface area contributed by atoms with Crippen molar-refractivity contribution in [3.8, 4) is 0 Å². The van der Waals surface area contributed by atoms with Crippen molar-refractivity contribution < 1.29 is 9.90 Å². The second-order valence-electron chi connectivity index (χ2n) is 4.97. The number of benzene rings is 1. The molecule has 0 unspecified atom stereocenters. The van der Waals surface area contributed by atoms with E-state index in [-0.39, 0.29) is 18.1 Å². The van der Waals surface area contributed by atoms with Crippen molar-refractivity contribution in [3.63, 3.8) is 0 Å². The maximum absolute atomic E-state index is 11.9. The second kappa shape index (κ2) is 8.12. The molecular weight excluding hydrogens is 276 g/mol. The number of carbonyl (C=O) groups excluding carboxylic acids is 1. The minimum absolute atomic E-state index is 0.0490. The maximum Gasteiger partial charge on any atom is 0.319 e. The summed E-state index contributed by atoms with van der Waals surface area (Å²) in [6, 6.07) is 6.83. The van der Waals surface area contributed by atoms with Crippen LogP contribution in [-0.4, -0.2) is 24.3 Å². The highest BCUT2D eigenvalue weighted by Gasteiger charge is 2.26. The molecule has 3 N–H and O–H groups in total. The fraction of sp³-hybridized carbons (Fsp3) is 0.533. The number of urea groups is 1. The third-order valence-corrected chi connectivity index (χ3v) is 4.22. The van der Waals surface area contributed by atoms with Gasteiger partial charge in [-0.3, -0.25) is 0 Å². The molecule has 0 aliphatic heterocycles. The first-order chi connectivity index (χ1) is 9.56. The molecular formula is C15H23ClN2O2. The van der Waals surface area contributed by atoms with E-state index in [2.05, 4.69) is 24.5 Å². The van der Waals surface area contributed by atoms with Gasteiger partial charge in [0.15, 0.2) is 0 Å². The topological polar surface area (TPSA) is 61.4 Å². The number of hydrogen-bond acceptors (Lipinski definition) is 2. The average Bonchev–Trinajstić information content (AvgIpc) is 2.46. The summed E-state index contributed by atoms with van der Waals surface area (Å²) in [4.78, 5) is 11.9. The van der Waals surface area contributed by atoms with E-state index in [0.717, 1.165) is 12.8 Å². The molecule has 1 rings (SSSR count). The van der Waals surface area contributed by atoms with Gasteiger partial charge in [-0.15, -0.1) is 0 Å². The van der Waals surface area contributed by atoms with Crippen molar-refractivity contribution in [2.75, 3.05) is 18.5 Å². The zero-order valence-corrected chi connectivity index (χ0v) is 12.8. The van der Waals surface area contributed by atoms with Gasteiger partial charge in [-0.2, -0.15) is 0 Å². The van der Waals surface area contributed by atoms with Crippen molar-refractivity contribution in [2.45, 2.75) is 33.1 Å². The van der Waals surface area contributed by atoms with Crippen LogP contribution in [0.15, 0.2) is 24.3 Å². The number of anilines is 1. The third-order valence-electron chi connectivity index (χ3n) is 3.89. The monoisotopic (exact) mass is 298 g/mol. The Morgan fingerprint density at radius 3 is 2.50 bits per heavy atom. The normalized spacial score (nSPS) is 11.2. The molecule has 20 heavy (non-hydrogen) atoms. The van der Waals surface area contributed by atoms with Crippen LogP contribution in [0.5, 0.6) is 0 Å². The van der Waals surface area contributed by atoms with Gasteiger partial charge in [0.1, 0.15) is 0 Å². The van der Waals surface area contributed by atoms with Crippen molar-refractivity contribution in [2.24, 2.45) is 5.41 Å². The van der Waals surface area contributed by atoms with E-state index in [4.69, 9.17) is 16.7 Å². The lowest BCUT2D eigenvalue weighted by Gasteiger charge is -2.31. The van der Waals surface area contributed by atoms with Gasteiger partial charge in [0.2, 0.25) is 0 Å². The number of rotatable bonds is 7. The van der Waals surface area contributed by atoms with Crippen LogP contribution in [0.4, 0.5) is 10.5 Å². The molecule has 0 heterocycles. The van der Waals surface area contributed by atoms with Gasteiger partial charge in [0, 0.05) is 13.2 Å². The largest absolute Gasteiger partial charge is 0.396 e. The Labute approximate surface area is 125 Å². The van der Waals surface area contributed by atoms with E-state index in [9.17, 15) is 4.79 Å². The first-order valence-electron chi connectivity index (χ1n) is 6.97. The standard InChI is InChI=1S/C15H23ClN2O2/c1-3-15(4-2,9-10-19)11-17-14(20)18-13-8-6-5-7-12(13)16/h5-8,19H,3-4,9-11H2,1-2H3,(H2,17,18,20). The summed E-state index contributed by atoms with van der Waals surface area (Å²) in [6.07, 6.45) is 2.51. The van der Waals surface area contributed by atoms with Crippen molar-refractivity contribution >= 4 is 23.3 Å². The predicted molar refractivity (Wildman–Crippen MR) is 83.2 cm³/mol. The number of halogens is 1. The molecule has 0 atom stereocenters. The molecule has 0 bridgehead atoms. The molecule has 0 fully saturated rings. The molecule has 0 saturated heterocycles. The van der Waals surface area contributed by atoms with Gasteiger partial charge in [-0.25, -0.2) is 4.79 Å². The summed E-state index contributed by atoms with van der Waals surface area (Å²) in [5.41, 5.74) is 0.541. The number of aliphatic hydroxyl groups is 1. The van der Waals surface area contributed by atoms with Crippen LogP contribution in [0.25, 0.3) is 0 Å². The minimum atomic E-state index is -0.276. The van der Waals surface area contributed by atoms with Crippen LogP contribution in [-0.2, 0) is 0 Å². The summed E-state index contributed by atoms with van der Waals surface area (Å²) in [5.74, 6) is 0. The lowest BCUT2D eigenvalue weighted by molar-refractivity contribution is 0.165. The Morgan fingerprint density at radius 1 is 1.30 bits per heavy atom. The van der Waals surface area contributed by atoms with E-state index in [1.807, 2.05) is 12.1 Å². The first kappa shape index (κ1) is 16.8. The molecule has 1 aromatic carbocycles. The zero-order valence-electron chi connectivity index (χ0n) is 12.1. The Bertz CT molecular complexity index is 434. The lowest BCUT2D eigenvalue weighted by Crippen LogP contribution is -2.39. The van der Waals surface area contributed by atoms with Crippen LogP contribution in [0, 0.1) is 5.41 Å². The van der Waals surface area contributed by atoms with Gasteiger partial charge in [-0.1, -0.05) is 37.6 Å². The molecule has 0 aromatic heterocycles. The quantitative estimate of drug-likeness (QED) is 0.719. The van der Waals surface area contributed by atoms with Crippen LogP contribution in [0.3, 0.4) is 0 Å². The summed E-state index contributed by atoms with van der Waals surface area (Å²) < 4.78 is 0. The number of amides is 2. The molecule has 0 aliphatic carbocycles. The molecule has 112 valence electrons. The molecule has 2 amide bonds. The fourth-order valence-electron chi connectivity index (χ4n) is 2.18. The van der Waals surface area contributed by atoms with Gasteiger partial charge < -0.3 is 15.7 Å². The second-order valence-corrected chi connectivity index (χ2v) is 5.38. The van der Waals surface area contributed by atoms with E-state index in [0.29, 0.717) is 23.7 Å². The van der Waals surface area contributed by atoms with Gasteiger partial charge >= 0.3 is 6.03 Å². The van der Waals surface area contributed by atoms with Gasteiger partial charge in [0.05, 0.1) is 10.7 Å². The van der Waals surface area contributed by atoms with E-state index in [1.165, 1.54) is 0 Å². The SMILES string of the molecule is CCC(CC)(CCO)CNC(=O)Nc1ccccc1Cl. The van der Waals surface area contributed by atoms with Gasteiger partial charge in [-0.05, 0) is 36.8 Å². The highest BCUT2D eigenvalue weighted by atomic mass is 35.5. The first-order valence-corrected chi connectivity index (χ1v) is 7.35. The Balaban J connectivity index is 2.56. The predicted octanol–water partition coefficient (Wildman–Crippen LogP) is 3.65. The Morgan fingerprint density at radius 2 is 1.95 bits per heavy atom. The van der Waals surface area contributed by atoms with Crippen LogP contribution in [0.2, 0.25) is 5.02 Å². The number of hydrogen-bond donors (Lipinski definition) is 3. The highest BCUT2D eigenvalue weighted by molar-refractivity contribution is 6.33. The Kier molecular flexibility index (Phi) is 6.82. The van der Waals surface area contributed by atoms with Crippen molar-refractivity contribution in [3.05, 3.63) is 29.3 Å². The number of carbonyl (C=O) groups is 1. The smallest absolute Gasteiger partial charge is 0.319 e. The summed E-state index contributed by atoms with van der Waals surface area (Å²) >= 11 is 5.99. The molecule has 1 aromatic rings. The Hall–Kier alpha value is -1.26. The van der Waals surface area contributed by atoms with Crippen molar-refractivity contribution in [1.82, 2.24) is 5.32 Å². The van der Waals surface area contributed by atoms with E-state index < -0.39 is 0 Å². The number of para-hydroxylation sites is 1. The summed E-state index contributed by atoms with van der Waals surface area (Å²) in [5, 5.41) is 15.3. The summed E-state index contributed by atoms with van der Waals surface area (Å²) in [7, 11) is 0. The average molecular weight is 299 g/mol. The highest BCUT2D eigenvalue weighted by Crippen LogP contribution is 2.29. The number of nitrogens with one attached hydrogen (secondary N) is 2. The van der Waals surface area contributed by atoms with Crippen LogP contribution in [0.1, 0.15) is 33.1 Å². The maximum atomic E-state index is 11.9. The minimum Gasteiger partial charge on any atom is -0.396 e. The molecule has 0 aliphatic rings.